The molecule has 1 spiro atoms. The number of hydrogen-bond acceptors (Lipinski definition) is 4. The summed E-state index contributed by atoms with van der Waals surface area (Å²) in [6, 6.07) is 2.66. The zero-order chi connectivity index (χ0) is 17.6. The number of aromatic nitrogens is 2. The Labute approximate surface area is 150 Å². The van der Waals surface area contributed by atoms with Gasteiger partial charge in [0.25, 0.3) is 0 Å². The van der Waals surface area contributed by atoms with Crippen LogP contribution in [0.15, 0.2) is 6.07 Å². The Morgan fingerprint density at radius 3 is 2.72 bits per heavy atom. The average Bonchev–Trinajstić information content (AvgIpc) is 3.42. The standard InChI is InChI=1S/C20H30N4O/c1-14(2)19-21-15(3)11-17(22-19)23-10-4-8-20(12-23)9-7-18(25)24(13-20)16-5-6-16/h11,14,16H,4-10,12-13H2,1-3H3/t20-/m0/s1. The van der Waals surface area contributed by atoms with Crippen LogP contribution in [-0.4, -0.2) is 46.5 Å². The molecule has 3 fully saturated rings. The van der Waals surface area contributed by atoms with Gasteiger partial charge in [-0.15, -0.1) is 0 Å². The summed E-state index contributed by atoms with van der Waals surface area (Å²) in [6.45, 7) is 9.40. The number of anilines is 1. The van der Waals surface area contributed by atoms with Crippen LogP contribution in [0.5, 0.6) is 0 Å². The Hall–Kier alpha value is -1.65. The van der Waals surface area contributed by atoms with E-state index < -0.39 is 0 Å². The first-order valence-electron chi connectivity index (χ1n) is 9.86. The number of likely N-dealkylation sites (tertiary alicyclic amines) is 1. The van der Waals surface area contributed by atoms with E-state index >= 15 is 0 Å². The molecule has 1 amide bonds. The fourth-order valence-electron chi connectivity index (χ4n) is 4.49. The van der Waals surface area contributed by atoms with Crippen molar-refractivity contribution in [2.24, 2.45) is 5.41 Å². The maximum absolute atomic E-state index is 12.3. The molecule has 1 atom stereocenters. The summed E-state index contributed by atoms with van der Waals surface area (Å²) in [4.78, 5) is 26.4. The van der Waals surface area contributed by atoms with Crippen LogP contribution < -0.4 is 4.90 Å². The highest BCUT2D eigenvalue weighted by atomic mass is 16.2. The number of piperidine rings is 2. The van der Waals surface area contributed by atoms with E-state index in [0.29, 0.717) is 17.9 Å². The Balaban J connectivity index is 1.56. The summed E-state index contributed by atoms with van der Waals surface area (Å²) >= 11 is 0. The molecular formula is C20H30N4O. The van der Waals surface area contributed by atoms with Gasteiger partial charge in [0.2, 0.25) is 5.91 Å². The van der Waals surface area contributed by atoms with E-state index in [9.17, 15) is 4.79 Å². The topological polar surface area (TPSA) is 49.3 Å². The quantitative estimate of drug-likeness (QED) is 0.846. The highest BCUT2D eigenvalue weighted by Crippen LogP contribution is 2.43. The van der Waals surface area contributed by atoms with Gasteiger partial charge >= 0.3 is 0 Å². The number of hydrogen-bond donors (Lipinski definition) is 0. The molecule has 1 aromatic rings. The maximum atomic E-state index is 12.3. The fraction of sp³-hybridized carbons (Fsp3) is 0.750. The van der Waals surface area contributed by atoms with Gasteiger partial charge in [0, 0.05) is 55.2 Å². The van der Waals surface area contributed by atoms with Gasteiger partial charge in [0.1, 0.15) is 11.6 Å². The average molecular weight is 342 g/mol. The van der Waals surface area contributed by atoms with Crippen molar-refractivity contribution < 1.29 is 4.79 Å². The van der Waals surface area contributed by atoms with Gasteiger partial charge in [-0.2, -0.15) is 0 Å². The summed E-state index contributed by atoms with van der Waals surface area (Å²) in [5.74, 6) is 2.73. The van der Waals surface area contributed by atoms with Crippen LogP contribution in [0.2, 0.25) is 0 Å². The number of rotatable bonds is 3. The molecule has 2 saturated heterocycles. The molecule has 1 saturated carbocycles. The monoisotopic (exact) mass is 342 g/mol. The molecular weight excluding hydrogens is 312 g/mol. The lowest BCUT2D eigenvalue weighted by Crippen LogP contribution is -2.54. The molecule has 0 unspecified atom stereocenters. The van der Waals surface area contributed by atoms with Crippen molar-refractivity contribution in [2.45, 2.75) is 71.3 Å². The lowest BCUT2D eigenvalue weighted by Gasteiger charge is -2.48. The second-order valence-corrected chi connectivity index (χ2v) is 8.66. The third-order valence-electron chi connectivity index (χ3n) is 6.04. The molecule has 25 heavy (non-hydrogen) atoms. The Morgan fingerprint density at radius 1 is 1.20 bits per heavy atom. The molecule has 3 heterocycles. The molecule has 0 radical (unpaired) electrons. The first kappa shape index (κ1) is 16.8. The molecule has 0 bridgehead atoms. The van der Waals surface area contributed by atoms with Crippen molar-refractivity contribution in [1.29, 1.82) is 0 Å². The molecule has 1 aromatic heterocycles. The van der Waals surface area contributed by atoms with Gasteiger partial charge in [-0.1, -0.05) is 13.8 Å². The van der Waals surface area contributed by atoms with Gasteiger partial charge in [0.05, 0.1) is 0 Å². The first-order chi connectivity index (χ1) is 12.0. The summed E-state index contributed by atoms with van der Waals surface area (Å²) < 4.78 is 0. The number of carbonyl (C=O) groups is 1. The van der Waals surface area contributed by atoms with Gasteiger partial charge in [-0.05, 0) is 39.0 Å². The van der Waals surface area contributed by atoms with Crippen LogP contribution >= 0.6 is 0 Å². The van der Waals surface area contributed by atoms with E-state index in [1.54, 1.807) is 0 Å². The SMILES string of the molecule is Cc1cc(N2CCC[C@]3(CCC(=O)N(C4CC4)C3)C2)nc(C(C)C)n1. The molecule has 1 aliphatic carbocycles. The summed E-state index contributed by atoms with van der Waals surface area (Å²) in [5.41, 5.74) is 1.30. The Bertz CT molecular complexity index is 670. The number of carbonyl (C=O) groups excluding carboxylic acids is 1. The lowest BCUT2D eigenvalue weighted by molar-refractivity contribution is -0.138. The van der Waals surface area contributed by atoms with Gasteiger partial charge < -0.3 is 9.80 Å². The predicted molar refractivity (Wildman–Crippen MR) is 98.7 cm³/mol. The highest BCUT2D eigenvalue weighted by molar-refractivity contribution is 5.78. The summed E-state index contributed by atoms with van der Waals surface area (Å²) in [7, 11) is 0. The molecule has 5 nitrogen and oxygen atoms in total. The van der Waals surface area contributed by atoms with E-state index in [2.05, 4.69) is 41.6 Å². The zero-order valence-corrected chi connectivity index (χ0v) is 15.8. The minimum atomic E-state index is 0.256. The van der Waals surface area contributed by atoms with E-state index in [1.807, 2.05) is 0 Å². The third-order valence-corrected chi connectivity index (χ3v) is 6.04. The van der Waals surface area contributed by atoms with Crippen LogP contribution in [0.3, 0.4) is 0 Å². The second-order valence-electron chi connectivity index (χ2n) is 8.66. The molecule has 2 aliphatic heterocycles. The van der Waals surface area contributed by atoms with Crippen LogP contribution in [0.25, 0.3) is 0 Å². The number of amides is 1. The third kappa shape index (κ3) is 3.38. The molecule has 4 rings (SSSR count). The van der Waals surface area contributed by atoms with Crippen LogP contribution in [0.4, 0.5) is 5.82 Å². The van der Waals surface area contributed by atoms with Crippen molar-refractivity contribution in [3.05, 3.63) is 17.6 Å². The molecule has 3 aliphatic rings. The van der Waals surface area contributed by atoms with E-state index in [-0.39, 0.29) is 5.41 Å². The second kappa shape index (κ2) is 6.26. The van der Waals surface area contributed by atoms with Crippen molar-refractivity contribution in [3.63, 3.8) is 0 Å². The zero-order valence-electron chi connectivity index (χ0n) is 15.8. The van der Waals surface area contributed by atoms with E-state index in [1.165, 1.54) is 25.7 Å². The molecule has 0 aromatic carbocycles. The van der Waals surface area contributed by atoms with Gasteiger partial charge in [-0.3, -0.25) is 4.79 Å². The van der Waals surface area contributed by atoms with Gasteiger partial charge in [-0.25, -0.2) is 9.97 Å². The molecule has 5 heteroatoms. The van der Waals surface area contributed by atoms with Crippen LogP contribution in [-0.2, 0) is 4.79 Å². The Kier molecular flexibility index (Phi) is 4.20. The van der Waals surface area contributed by atoms with E-state index in [4.69, 9.17) is 4.98 Å². The molecule has 0 N–H and O–H groups in total. The summed E-state index contributed by atoms with van der Waals surface area (Å²) in [5, 5.41) is 0. The summed E-state index contributed by atoms with van der Waals surface area (Å²) in [6.07, 6.45) is 6.59. The highest BCUT2D eigenvalue weighted by Gasteiger charge is 2.45. The number of nitrogens with zero attached hydrogens (tertiary/aromatic N) is 4. The van der Waals surface area contributed by atoms with Gasteiger partial charge in [0.15, 0.2) is 0 Å². The number of aryl methyl sites for hydroxylation is 1. The minimum absolute atomic E-state index is 0.256. The van der Waals surface area contributed by atoms with Crippen molar-refractivity contribution in [1.82, 2.24) is 14.9 Å². The maximum Gasteiger partial charge on any atom is 0.222 e. The molecule has 136 valence electrons. The van der Waals surface area contributed by atoms with Crippen LogP contribution in [0, 0.1) is 12.3 Å². The minimum Gasteiger partial charge on any atom is -0.356 e. The smallest absolute Gasteiger partial charge is 0.222 e. The fourth-order valence-corrected chi connectivity index (χ4v) is 4.49. The lowest BCUT2D eigenvalue weighted by atomic mass is 9.73. The van der Waals surface area contributed by atoms with E-state index in [0.717, 1.165) is 49.8 Å². The van der Waals surface area contributed by atoms with Crippen molar-refractivity contribution in [2.75, 3.05) is 24.5 Å². The van der Waals surface area contributed by atoms with Crippen molar-refractivity contribution in [3.8, 4) is 0 Å². The predicted octanol–water partition coefficient (Wildman–Crippen LogP) is 3.28. The largest absolute Gasteiger partial charge is 0.356 e. The van der Waals surface area contributed by atoms with Crippen LogP contribution in [0.1, 0.15) is 69.8 Å². The normalized spacial score (nSPS) is 27.4. The first-order valence-corrected chi connectivity index (χ1v) is 9.86. The van der Waals surface area contributed by atoms with Crippen molar-refractivity contribution >= 4 is 11.7 Å². The Morgan fingerprint density at radius 2 is 2.00 bits per heavy atom.